The molecule has 0 radical (unpaired) electrons. The van der Waals surface area contributed by atoms with Gasteiger partial charge in [-0.3, -0.25) is 4.79 Å². The van der Waals surface area contributed by atoms with Crippen molar-refractivity contribution in [1.29, 1.82) is 0 Å². The molecule has 2 aromatic carbocycles. The van der Waals surface area contributed by atoms with Gasteiger partial charge in [0, 0.05) is 5.56 Å². The van der Waals surface area contributed by atoms with E-state index in [1.54, 1.807) is 12.1 Å². The van der Waals surface area contributed by atoms with Crippen LogP contribution in [-0.4, -0.2) is 20.1 Å². The fourth-order valence-corrected chi connectivity index (χ4v) is 3.35. The molecule has 0 fully saturated rings. The third-order valence-corrected chi connectivity index (χ3v) is 4.65. The molecule has 110 valence electrons. The van der Waals surface area contributed by atoms with E-state index in [1.165, 1.54) is 30.3 Å². The number of nitrogens with two attached hydrogens (primary N) is 1. The zero-order chi connectivity index (χ0) is 15.6. The number of amides is 1. The average molecular weight is 307 g/mol. The summed E-state index contributed by atoms with van der Waals surface area (Å²) in [7, 11) is -3.83. The highest BCUT2D eigenvalue weighted by Crippen LogP contribution is 2.29. The van der Waals surface area contributed by atoms with Crippen LogP contribution in [-0.2, 0) is 14.6 Å². The highest BCUT2D eigenvalue weighted by molar-refractivity contribution is 7.92. The molecule has 0 aromatic heterocycles. The average Bonchev–Trinajstić information content (AvgIpc) is 2.37. The summed E-state index contributed by atoms with van der Waals surface area (Å²) < 4.78 is 37.5. The Balaban J connectivity index is 2.63. The van der Waals surface area contributed by atoms with Gasteiger partial charge >= 0.3 is 0 Å². The number of carbonyl (C=O) groups is 1. The minimum absolute atomic E-state index is 0.0125. The zero-order valence-corrected chi connectivity index (χ0v) is 12.2. The zero-order valence-electron chi connectivity index (χ0n) is 11.3. The van der Waals surface area contributed by atoms with Crippen molar-refractivity contribution < 1.29 is 17.6 Å². The highest BCUT2D eigenvalue weighted by atomic mass is 32.2. The van der Waals surface area contributed by atoms with Crippen LogP contribution in [0, 0.1) is 12.7 Å². The molecule has 6 heteroatoms. The van der Waals surface area contributed by atoms with Crippen molar-refractivity contribution in [3.8, 4) is 11.1 Å². The Morgan fingerprint density at radius 2 is 1.76 bits per heavy atom. The Morgan fingerprint density at radius 1 is 1.14 bits per heavy atom. The summed E-state index contributed by atoms with van der Waals surface area (Å²) >= 11 is 0. The molecular weight excluding hydrogens is 293 g/mol. The van der Waals surface area contributed by atoms with Crippen molar-refractivity contribution in [3.63, 3.8) is 0 Å². The maximum atomic E-state index is 13.0. The van der Waals surface area contributed by atoms with Crippen LogP contribution in [0.2, 0.25) is 0 Å². The number of benzene rings is 2. The molecule has 2 N–H and O–H groups in total. The van der Waals surface area contributed by atoms with E-state index in [1.807, 2.05) is 6.92 Å². The maximum Gasteiger partial charge on any atom is 0.233 e. The van der Waals surface area contributed by atoms with E-state index in [4.69, 9.17) is 5.73 Å². The van der Waals surface area contributed by atoms with Crippen LogP contribution in [0.15, 0.2) is 47.4 Å². The molecule has 0 unspecified atom stereocenters. The van der Waals surface area contributed by atoms with Crippen molar-refractivity contribution in [2.24, 2.45) is 5.73 Å². The molecule has 21 heavy (non-hydrogen) atoms. The van der Waals surface area contributed by atoms with Gasteiger partial charge in [0.2, 0.25) is 5.91 Å². The van der Waals surface area contributed by atoms with Crippen molar-refractivity contribution in [2.45, 2.75) is 11.8 Å². The molecule has 0 saturated carbocycles. The van der Waals surface area contributed by atoms with E-state index >= 15 is 0 Å². The Morgan fingerprint density at radius 3 is 2.33 bits per heavy atom. The molecule has 0 bridgehead atoms. The number of primary amides is 1. The van der Waals surface area contributed by atoms with Gasteiger partial charge in [-0.05, 0) is 30.7 Å². The van der Waals surface area contributed by atoms with E-state index < -0.39 is 27.3 Å². The first-order valence-corrected chi connectivity index (χ1v) is 7.82. The first kappa shape index (κ1) is 15.2. The first-order valence-electron chi connectivity index (χ1n) is 6.17. The fraction of sp³-hybridized carbons (Fsp3) is 0.133. The summed E-state index contributed by atoms with van der Waals surface area (Å²) in [6.07, 6.45) is 0. The summed E-state index contributed by atoms with van der Waals surface area (Å²) in [6.45, 7) is 1.82. The van der Waals surface area contributed by atoms with Gasteiger partial charge in [-0.2, -0.15) is 0 Å². The molecule has 2 aromatic rings. The van der Waals surface area contributed by atoms with E-state index in [9.17, 15) is 17.6 Å². The minimum atomic E-state index is -3.83. The minimum Gasteiger partial charge on any atom is -0.369 e. The van der Waals surface area contributed by atoms with Gasteiger partial charge in [0.25, 0.3) is 0 Å². The summed E-state index contributed by atoms with van der Waals surface area (Å²) in [6, 6.07) is 10.2. The molecule has 0 spiro atoms. The van der Waals surface area contributed by atoms with E-state index in [2.05, 4.69) is 0 Å². The lowest BCUT2D eigenvalue weighted by molar-refractivity contribution is -0.115. The van der Waals surface area contributed by atoms with Gasteiger partial charge < -0.3 is 5.73 Å². The smallest absolute Gasteiger partial charge is 0.233 e. The fourth-order valence-electron chi connectivity index (χ4n) is 2.04. The van der Waals surface area contributed by atoms with Crippen molar-refractivity contribution in [2.75, 3.05) is 5.75 Å². The number of aryl methyl sites for hydroxylation is 1. The SMILES string of the molecule is Cc1ccc(S(=O)(=O)CC(N)=O)c(-c2ccc(F)cc2)c1. The number of sulfone groups is 1. The standard InChI is InChI=1S/C15H14FNO3S/c1-10-2-7-14(21(19,20)9-15(17)18)13(8-10)11-3-5-12(16)6-4-11/h2-8H,9H2,1H3,(H2,17,18). The third kappa shape index (κ3) is 3.46. The second-order valence-electron chi connectivity index (χ2n) is 4.73. The highest BCUT2D eigenvalue weighted by Gasteiger charge is 2.22. The molecule has 0 aliphatic heterocycles. The van der Waals surface area contributed by atoms with Gasteiger partial charge in [0.15, 0.2) is 9.84 Å². The molecule has 0 atom stereocenters. The Labute approximate surface area is 122 Å². The summed E-state index contributed by atoms with van der Waals surface area (Å²) in [5.41, 5.74) is 6.83. The number of halogens is 1. The second kappa shape index (κ2) is 5.65. The molecule has 0 aliphatic carbocycles. The quantitative estimate of drug-likeness (QED) is 0.939. The van der Waals surface area contributed by atoms with Gasteiger partial charge in [-0.1, -0.05) is 29.8 Å². The van der Waals surface area contributed by atoms with Gasteiger partial charge in [-0.25, -0.2) is 12.8 Å². The molecule has 2 rings (SSSR count). The Kier molecular flexibility index (Phi) is 4.09. The lowest BCUT2D eigenvalue weighted by Crippen LogP contribution is -2.23. The van der Waals surface area contributed by atoms with Crippen LogP contribution >= 0.6 is 0 Å². The first-order chi connectivity index (χ1) is 9.79. The number of hydrogen-bond acceptors (Lipinski definition) is 3. The molecule has 0 heterocycles. The summed E-state index contributed by atoms with van der Waals surface area (Å²) in [5, 5.41) is 0. The summed E-state index contributed by atoms with van der Waals surface area (Å²) in [5.74, 6) is -2.09. The Hall–Kier alpha value is -2.21. The molecular formula is C15H14FNO3S. The number of carbonyl (C=O) groups excluding carboxylic acids is 1. The lowest BCUT2D eigenvalue weighted by atomic mass is 10.0. The van der Waals surface area contributed by atoms with Crippen LogP contribution in [0.25, 0.3) is 11.1 Å². The van der Waals surface area contributed by atoms with Crippen LogP contribution in [0.5, 0.6) is 0 Å². The number of hydrogen-bond donors (Lipinski definition) is 1. The monoisotopic (exact) mass is 307 g/mol. The molecule has 4 nitrogen and oxygen atoms in total. The van der Waals surface area contributed by atoms with E-state index in [0.29, 0.717) is 11.1 Å². The lowest BCUT2D eigenvalue weighted by Gasteiger charge is -2.11. The summed E-state index contributed by atoms with van der Waals surface area (Å²) in [4.78, 5) is 11.0. The molecule has 1 amide bonds. The van der Waals surface area contributed by atoms with Crippen LogP contribution in [0.4, 0.5) is 4.39 Å². The van der Waals surface area contributed by atoms with Crippen LogP contribution in [0.3, 0.4) is 0 Å². The largest absolute Gasteiger partial charge is 0.369 e. The predicted molar refractivity (Wildman–Crippen MR) is 77.8 cm³/mol. The van der Waals surface area contributed by atoms with Crippen LogP contribution in [0.1, 0.15) is 5.56 Å². The van der Waals surface area contributed by atoms with Crippen molar-refractivity contribution in [1.82, 2.24) is 0 Å². The molecule has 0 saturated heterocycles. The van der Waals surface area contributed by atoms with Gasteiger partial charge in [-0.15, -0.1) is 0 Å². The van der Waals surface area contributed by atoms with Crippen molar-refractivity contribution in [3.05, 3.63) is 53.8 Å². The van der Waals surface area contributed by atoms with Gasteiger partial charge in [0.1, 0.15) is 11.6 Å². The normalized spacial score (nSPS) is 11.3. The maximum absolute atomic E-state index is 13.0. The number of rotatable bonds is 4. The van der Waals surface area contributed by atoms with E-state index in [-0.39, 0.29) is 4.90 Å². The van der Waals surface area contributed by atoms with E-state index in [0.717, 1.165) is 5.56 Å². The van der Waals surface area contributed by atoms with Crippen LogP contribution < -0.4 is 5.73 Å². The van der Waals surface area contributed by atoms with Crippen molar-refractivity contribution >= 4 is 15.7 Å². The third-order valence-electron chi connectivity index (χ3n) is 2.96. The second-order valence-corrected chi connectivity index (χ2v) is 6.69. The predicted octanol–water partition coefficient (Wildman–Crippen LogP) is 2.06. The molecule has 0 aliphatic rings. The topological polar surface area (TPSA) is 77.2 Å². The van der Waals surface area contributed by atoms with Gasteiger partial charge in [0.05, 0.1) is 4.90 Å². The Bertz CT molecular complexity index is 783.